The second kappa shape index (κ2) is 4.93. The van der Waals surface area contributed by atoms with Crippen molar-refractivity contribution in [1.82, 2.24) is 5.32 Å². The van der Waals surface area contributed by atoms with Gasteiger partial charge in [0.1, 0.15) is 0 Å². The lowest BCUT2D eigenvalue weighted by molar-refractivity contribution is -0.123. The van der Waals surface area contributed by atoms with Crippen LogP contribution in [-0.2, 0) is 4.79 Å². The van der Waals surface area contributed by atoms with Gasteiger partial charge in [-0.25, -0.2) is 0 Å². The number of rotatable bonds is 4. The maximum Gasteiger partial charge on any atom is 0.223 e. The number of halogens is 1. The van der Waals surface area contributed by atoms with Gasteiger partial charge in [-0.3, -0.25) is 4.79 Å². The maximum absolute atomic E-state index is 12.0. The topological polar surface area (TPSA) is 29.1 Å². The van der Waals surface area contributed by atoms with Crippen molar-refractivity contribution in [3.8, 4) is 0 Å². The smallest absolute Gasteiger partial charge is 0.223 e. The summed E-state index contributed by atoms with van der Waals surface area (Å²) >= 11 is 6.28. The van der Waals surface area contributed by atoms with E-state index in [4.69, 9.17) is 11.6 Å². The first-order chi connectivity index (χ1) is 8.77. The molecule has 3 rings (SSSR count). The molecule has 2 saturated carbocycles. The molecule has 96 valence electrons. The SMILES string of the molecule is O=C(NCC(Cl)c1ccccc1)C1C2CCCC21. The Hall–Kier alpha value is -1.02. The van der Waals surface area contributed by atoms with Gasteiger partial charge in [0.05, 0.1) is 5.38 Å². The second-order valence-electron chi connectivity index (χ2n) is 5.41. The van der Waals surface area contributed by atoms with Gasteiger partial charge in [0.2, 0.25) is 5.91 Å². The number of benzene rings is 1. The predicted molar refractivity (Wildman–Crippen MR) is 72.4 cm³/mol. The molecule has 3 heteroatoms. The van der Waals surface area contributed by atoms with Crippen molar-refractivity contribution in [1.29, 1.82) is 0 Å². The molecule has 0 heterocycles. The molecule has 3 atom stereocenters. The van der Waals surface area contributed by atoms with Crippen LogP contribution in [0.3, 0.4) is 0 Å². The third kappa shape index (κ3) is 2.26. The van der Waals surface area contributed by atoms with E-state index in [0.29, 0.717) is 24.3 Å². The van der Waals surface area contributed by atoms with E-state index >= 15 is 0 Å². The molecule has 1 aromatic rings. The molecule has 18 heavy (non-hydrogen) atoms. The number of amides is 1. The van der Waals surface area contributed by atoms with Crippen molar-refractivity contribution >= 4 is 17.5 Å². The molecule has 0 aliphatic heterocycles. The highest BCUT2D eigenvalue weighted by molar-refractivity contribution is 6.21. The number of nitrogens with one attached hydrogen (secondary N) is 1. The van der Waals surface area contributed by atoms with Crippen LogP contribution in [0.2, 0.25) is 0 Å². The summed E-state index contributed by atoms with van der Waals surface area (Å²) in [6, 6.07) is 9.90. The first kappa shape index (κ1) is 12.0. The molecule has 2 aliphatic rings. The van der Waals surface area contributed by atoms with Gasteiger partial charge < -0.3 is 5.32 Å². The van der Waals surface area contributed by atoms with Crippen LogP contribution in [0.1, 0.15) is 30.2 Å². The largest absolute Gasteiger partial charge is 0.354 e. The molecular formula is C15H18ClNO. The summed E-state index contributed by atoms with van der Waals surface area (Å²) in [5, 5.41) is 2.87. The summed E-state index contributed by atoms with van der Waals surface area (Å²) in [4.78, 5) is 12.0. The standard InChI is InChI=1S/C15H18ClNO/c16-13(10-5-2-1-3-6-10)9-17-15(18)14-11-7-4-8-12(11)14/h1-3,5-6,11-14H,4,7-9H2,(H,17,18). The van der Waals surface area contributed by atoms with E-state index in [1.807, 2.05) is 30.3 Å². The average molecular weight is 264 g/mol. The maximum atomic E-state index is 12.0. The van der Waals surface area contributed by atoms with Gasteiger partial charge in [-0.15, -0.1) is 11.6 Å². The Kier molecular flexibility index (Phi) is 3.29. The van der Waals surface area contributed by atoms with Gasteiger partial charge in [-0.1, -0.05) is 36.8 Å². The van der Waals surface area contributed by atoms with Crippen LogP contribution < -0.4 is 5.32 Å². The zero-order chi connectivity index (χ0) is 12.5. The molecule has 2 nitrogen and oxygen atoms in total. The highest BCUT2D eigenvalue weighted by atomic mass is 35.5. The van der Waals surface area contributed by atoms with Gasteiger partial charge in [0.25, 0.3) is 0 Å². The number of hydrogen-bond acceptors (Lipinski definition) is 1. The third-order valence-electron chi connectivity index (χ3n) is 4.33. The second-order valence-corrected chi connectivity index (χ2v) is 5.93. The third-order valence-corrected chi connectivity index (χ3v) is 4.73. The molecule has 2 fully saturated rings. The number of carbonyl (C=O) groups is 1. The number of carbonyl (C=O) groups excluding carboxylic acids is 1. The summed E-state index contributed by atoms with van der Waals surface area (Å²) in [6.45, 7) is 0.528. The molecule has 0 aromatic heterocycles. The Morgan fingerprint density at radius 3 is 2.61 bits per heavy atom. The van der Waals surface area contributed by atoms with E-state index in [-0.39, 0.29) is 11.3 Å². The Labute approximate surface area is 113 Å². The molecule has 0 bridgehead atoms. The normalized spacial score (nSPS) is 30.6. The van der Waals surface area contributed by atoms with Crippen molar-refractivity contribution in [3.63, 3.8) is 0 Å². The fraction of sp³-hybridized carbons (Fsp3) is 0.533. The molecule has 0 spiro atoms. The van der Waals surface area contributed by atoms with Crippen molar-refractivity contribution in [2.45, 2.75) is 24.6 Å². The molecule has 1 amide bonds. The quantitative estimate of drug-likeness (QED) is 0.831. The van der Waals surface area contributed by atoms with Gasteiger partial charge in [-0.05, 0) is 30.2 Å². The van der Waals surface area contributed by atoms with Crippen LogP contribution in [0.15, 0.2) is 30.3 Å². The van der Waals surface area contributed by atoms with Crippen LogP contribution in [0, 0.1) is 17.8 Å². The monoisotopic (exact) mass is 263 g/mol. The fourth-order valence-corrected chi connectivity index (χ4v) is 3.52. The minimum Gasteiger partial charge on any atom is -0.354 e. The summed E-state index contributed by atoms with van der Waals surface area (Å²) in [5.41, 5.74) is 1.07. The molecule has 3 unspecified atom stereocenters. The molecular weight excluding hydrogens is 246 g/mol. The summed E-state index contributed by atoms with van der Waals surface area (Å²) < 4.78 is 0. The Morgan fingerprint density at radius 1 is 1.28 bits per heavy atom. The van der Waals surface area contributed by atoms with Gasteiger partial charge in [-0.2, -0.15) is 0 Å². The lowest BCUT2D eigenvalue weighted by atomic mass is 10.1. The van der Waals surface area contributed by atoms with Crippen molar-refractivity contribution in [3.05, 3.63) is 35.9 Å². The summed E-state index contributed by atoms with van der Waals surface area (Å²) in [7, 11) is 0. The lowest BCUT2D eigenvalue weighted by Crippen LogP contribution is -2.29. The fourth-order valence-electron chi connectivity index (χ4n) is 3.30. The Morgan fingerprint density at radius 2 is 1.94 bits per heavy atom. The minimum atomic E-state index is -0.131. The minimum absolute atomic E-state index is 0.131. The van der Waals surface area contributed by atoms with Crippen LogP contribution in [0.5, 0.6) is 0 Å². The van der Waals surface area contributed by atoms with E-state index < -0.39 is 0 Å². The first-order valence-corrected chi connectivity index (χ1v) is 7.18. The van der Waals surface area contributed by atoms with Crippen molar-refractivity contribution in [2.24, 2.45) is 17.8 Å². The highest BCUT2D eigenvalue weighted by Gasteiger charge is 2.56. The number of alkyl halides is 1. The van der Waals surface area contributed by atoms with Crippen molar-refractivity contribution in [2.75, 3.05) is 6.54 Å². The van der Waals surface area contributed by atoms with Gasteiger partial charge in [0.15, 0.2) is 0 Å². The number of hydrogen-bond donors (Lipinski definition) is 1. The lowest BCUT2D eigenvalue weighted by Gasteiger charge is -2.12. The summed E-state index contributed by atoms with van der Waals surface area (Å²) in [5.74, 6) is 1.86. The summed E-state index contributed by atoms with van der Waals surface area (Å²) in [6.07, 6.45) is 3.79. The molecule has 1 N–H and O–H groups in total. The van der Waals surface area contributed by atoms with Gasteiger partial charge in [0, 0.05) is 12.5 Å². The van der Waals surface area contributed by atoms with E-state index in [1.54, 1.807) is 0 Å². The van der Waals surface area contributed by atoms with Crippen LogP contribution in [-0.4, -0.2) is 12.5 Å². The van der Waals surface area contributed by atoms with Crippen LogP contribution in [0.4, 0.5) is 0 Å². The first-order valence-electron chi connectivity index (χ1n) is 6.74. The molecule has 0 saturated heterocycles. The van der Waals surface area contributed by atoms with Crippen molar-refractivity contribution < 1.29 is 4.79 Å². The molecule has 2 aliphatic carbocycles. The van der Waals surface area contributed by atoms with E-state index in [0.717, 1.165) is 5.56 Å². The zero-order valence-corrected chi connectivity index (χ0v) is 11.1. The van der Waals surface area contributed by atoms with Crippen LogP contribution in [0.25, 0.3) is 0 Å². The van der Waals surface area contributed by atoms with E-state index in [9.17, 15) is 4.79 Å². The highest BCUT2D eigenvalue weighted by Crippen LogP contribution is 2.57. The van der Waals surface area contributed by atoms with Gasteiger partial charge >= 0.3 is 0 Å². The predicted octanol–water partition coefficient (Wildman–Crippen LogP) is 3.13. The zero-order valence-electron chi connectivity index (χ0n) is 10.3. The average Bonchev–Trinajstić information content (AvgIpc) is 2.90. The van der Waals surface area contributed by atoms with E-state index in [2.05, 4.69) is 5.32 Å². The Bertz CT molecular complexity index is 423. The number of fused-ring (bicyclic) bond motifs is 1. The van der Waals surface area contributed by atoms with E-state index in [1.165, 1.54) is 19.3 Å². The molecule has 0 radical (unpaired) electrons. The molecule has 1 aromatic carbocycles. The Balaban J connectivity index is 1.48. The van der Waals surface area contributed by atoms with Crippen LogP contribution >= 0.6 is 11.6 Å².